The van der Waals surface area contributed by atoms with Gasteiger partial charge >= 0.3 is 0 Å². The largest absolute Gasteiger partial charge is 0.346 e. The SMILES string of the molecule is Cl.Cl.Cl.NCCCC[C@H](N)C(=O)NCC(=O)Nc1ccc(Br)cc1C(=O)c1ccccn1. The number of halogens is 4. The highest BCUT2D eigenvalue weighted by atomic mass is 79.9. The van der Waals surface area contributed by atoms with Crippen molar-refractivity contribution in [2.45, 2.75) is 25.3 Å². The molecule has 1 aromatic heterocycles. The van der Waals surface area contributed by atoms with Crippen LogP contribution in [0.1, 0.15) is 35.3 Å². The van der Waals surface area contributed by atoms with Crippen LogP contribution in [0.4, 0.5) is 5.69 Å². The van der Waals surface area contributed by atoms with E-state index in [1.54, 1.807) is 36.4 Å². The quantitative estimate of drug-likeness (QED) is 0.255. The zero-order chi connectivity index (χ0) is 21.2. The van der Waals surface area contributed by atoms with Gasteiger partial charge in [0.2, 0.25) is 17.6 Å². The van der Waals surface area contributed by atoms with Crippen LogP contribution in [0.3, 0.4) is 0 Å². The molecule has 0 aliphatic heterocycles. The second kappa shape index (κ2) is 16.8. The molecule has 0 radical (unpaired) electrons. The van der Waals surface area contributed by atoms with Crippen molar-refractivity contribution in [3.8, 4) is 0 Å². The van der Waals surface area contributed by atoms with Gasteiger partial charge in [0.15, 0.2) is 0 Å². The van der Waals surface area contributed by atoms with E-state index in [4.69, 9.17) is 11.5 Å². The standard InChI is InChI=1S/C20H24BrN5O3.3ClH/c21-13-7-8-16(14(11-13)19(28)17-6-2-4-10-24-17)26-18(27)12-25-20(29)15(23)5-1-3-9-22;;;/h2,4,6-8,10-11,15H,1,3,5,9,12,22-23H2,(H,25,29)(H,26,27);3*1H/t15-;;;/m0.../s1. The number of nitrogens with zero attached hydrogens (tertiary/aromatic N) is 1. The topological polar surface area (TPSA) is 140 Å². The van der Waals surface area contributed by atoms with Gasteiger partial charge in [-0.1, -0.05) is 28.4 Å². The van der Waals surface area contributed by atoms with Crippen molar-refractivity contribution >= 4 is 76.4 Å². The average molecular weight is 572 g/mol. The zero-order valence-corrected chi connectivity index (χ0v) is 21.1. The summed E-state index contributed by atoms with van der Waals surface area (Å²) in [6, 6.07) is 9.25. The summed E-state index contributed by atoms with van der Waals surface area (Å²) in [5.41, 5.74) is 12.1. The summed E-state index contributed by atoms with van der Waals surface area (Å²) >= 11 is 3.33. The fourth-order valence-electron chi connectivity index (χ4n) is 2.58. The highest BCUT2D eigenvalue weighted by Gasteiger charge is 2.18. The van der Waals surface area contributed by atoms with E-state index >= 15 is 0 Å². The van der Waals surface area contributed by atoms with E-state index < -0.39 is 17.9 Å². The van der Waals surface area contributed by atoms with E-state index in [1.165, 1.54) is 6.20 Å². The number of carbonyl (C=O) groups excluding carboxylic acids is 3. The number of anilines is 1. The number of nitrogens with one attached hydrogen (secondary N) is 2. The maximum absolute atomic E-state index is 12.8. The molecule has 0 bridgehead atoms. The molecule has 6 N–H and O–H groups in total. The van der Waals surface area contributed by atoms with Crippen molar-refractivity contribution in [2.24, 2.45) is 11.5 Å². The summed E-state index contributed by atoms with van der Waals surface area (Å²) in [6.45, 7) is 0.292. The fraction of sp³-hybridized carbons (Fsp3) is 0.300. The molecule has 0 saturated carbocycles. The molecule has 178 valence electrons. The number of rotatable bonds is 10. The van der Waals surface area contributed by atoms with E-state index in [-0.39, 0.29) is 60.8 Å². The number of unbranched alkanes of at least 4 members (excludes halogenated alkanes) is 1. The van der Waals surface area contributed by atoms with Crippen LogP contribution in [-0.2, 0) is 9.59 Å². The van der Waals surface area contributed by atoms with Crippen LogP contribution in [0.2, 0.25) is 0 Å². The lowest BCUT2D eigenvalue weighted by molar-refractivity contribution is -0.125. The number of hydrogen-bond acceptors (Lipinski definition) is 6. The Balaban J connectivity index is 0. The van der Waals surface area contributed by atoms with Gasteiger partial charge < -0.3 is 22.1 Å². The summed E-state index contributed by atoms with van der Waals surface area (Å²) in [4.78, 5) is 41.1. The molecule has 12 heteroatoms. The molecule has 1 atom stereocenters. The molecule has 8 nitrogen and oxygen atoms in total. The first-order valence-corrected chi connectivity index (χ1v) is 10.00. The fourth-order valence-corrected chi connectivity index (χ4v) is 2.94. The van der Waals surface area contributed by atoms with E-state index in [9.17, 15) is 14.4 Å². The van der Waals surface area contributed by atoms with Gasteiger partial charge in [-0.05, 0) is 49.7 Å². The Morgan fingerprint density at radius 1 is 1.06 bits per heavy atom. The molecule has 2 amide bonds. The minimum absolute atomic E-state index is 0. The molecule has 0 fully saturated rings. The van der Waals surface area contributed by atoms with Crippen molar-refractivity contribution in [3.05, 3.63) is 58.3 Å². The van der Waals surface area contributed by atoms with E-state index in [0.717, 1.165) is 12.8 Å². The molecule has 0 aliphatic rings. The molecule has 2 aromatic rings. The first-order valence-electron chi connectivity index (χ1n) is 9.21. The van der Waals surface area contributed by atoms with Crippen molar-refractivity contribution in [1.29, 1.82) is 0 Å². The summed E-state index contributed by atoms with van der Waals surface area (Å²) in [7, 11) is 0. The van der Waals surface area contributed by atoms with Gasteiger partial charge in [0.25, 0.3) is 0 Å². The molecule has 1 aromatic carbocycles. The van der Waals surface area contributed by atoms with Crippen LogP contribution in [0.5, 0.6) is 0 Å². The van der Waals surface area contributed by atoms with Crippen LogP contribution in [0, 0.1) is 0 Å². The minimum Gasteiger partial charge on any atom is -0.346 e. The number of benzene rings is 1. The van der Waals surface area contributed by atoms with Gasteiger partial charge in [-0.25, -0.2) is 0 Å². The first-order chi connectivity index (χ1) is 13.9. The molecule has 0 spiro atoms. The van der Waals surface area contributed by atoms with Gasteiger partial charge in [0.05, 0.1) is 18.3 Å². The third-order valence-corrected chi connectivity index (χ3v) is 4.62. The van der Waals surface area contributed by atoms with Crippen LogP contribution in [0.15, 0.2) is 47.1 Å². The summed E-state index contributed by atoms with van der Waals surface area (Å²) in [5.74, 6) is -1.20. The smallest absolute Gasteiger partial charge is 0.243 e. The number of hydrogen-bond donors (Lipinski definition) is 4. The molecule has 0 saturated heterocycles. The van der Waals surface area contributed by atoms with E-state index in [0.29, 0.717) is 23.1 Å². The van der Waals surface area contributed by atoms with Gasteiger partial charge in [-0.3, -0.25) is 19.4 Å². The first kappa shape index (κ1) is 32.4. The van der Waals surface area contributed by atoms with Crippen LogP contribution < -0.4 is 22.1 Å². The lowest BCUT2D eigenvalue weighted by Gasteiger charge is -2.13. The van der Waals surface area contributed by atoms with Gasteiger partial charge in [0, 0.05) is 16.2 Å². The number of pyridine rings is 1. The Kier molecular flexibility index (Phi) is 17.0. The number of amides is 2. The number of carbonyl (C=O) groups is 3. The zero-order valence-electron chi connectivity index (χ0n) is 17.1. The number of nitrogens with two attached hydrogens (primary N) is 2. The molecular weight excluding hydrogens is 545 g/mol. The van der Waals surface area contributed by atoms with Crippen LogP contribution >= 0.6 is 53.2 Å². The third-order valence-electron chi connectivity index (χ3n) is 4.13. The molecular formula is C20H27BrCl3N5O3. The highest BCUT2D eigenvalue weighted by molar-refractivity contribution is 9.10. The monoisotopic (exact) mass is 569 g/mol. The third kappa shape index (κ3) is 10.2. The maximum atomic E-state index is 12.8. The Morgan fingerprint density at radius 2 is 1.78 bits per heavy atom. The van der Waals surface area contributed by atoms with Crippen LogP contribution in [-0.4, -0.2) is 41.7 Å². The molecule has 2 rings (SSSR count). The maximum Gasteiger partial charge on any atom is 0.243 e. The van der Waals surface area contributed by atoms with Crippen molar-refractivity contribution in [1.82, 2.24) is 10.3 Å². The number of ketones is 1. The van der Waals surface area contributed by atoms with Gasteiger partial charge in [0.1, 0.15) is 5.69 Å². The van der Waals surface area contributed by atoms with Crippen molar-refractivity contribution in [3.63, 3.8) is 0 Å². The molecule has 32 heavy (non-hydrogen) atoms. The summed E-state index contributed by atoms with van der Waals surface area (Å²) in [6.07, 6.45) is 3.56. The average Bonchev–Trinajstić information content (AvgIpc) is 2.73. The Bertz CT molecular complexity index is 875. The predicted molar refractivity (Wildman–Crippen MR) is 136 cm³/mol. The Labute approximate surface area is 214 Å². The predicted octanol–water partition coefficient (Wildman–Crippen LogP) is 2.85. The lowest BCUT2D eigenvalue weighted by Crippen LogP contribution is -2.43. The summed E-state index contributed by atoms with van der Waals surface area (Å²) < 4.78 is 0.687. The lowest BCUT2D eigenvalue weighted by atomic mass is 10.1. The van der Waals surface area contributed by atoms with Gasteiger partial charge in [-0.15, -0.1) is 37.2 Å². The normalized spacial score (nSPS) is 10.5. The Hall–Kier alpha value is -1.75. The van der Waals surface area contributed by atoms with Crippen molar-refractivity contribution < 1.29 is 14.4 Å². The highest BCUT2D eigenvalue weighted by Crippen LogP contribution is 2.23. The molecule has 1 heterocycles. The summed E-state index contributed by atoms with van der Waals surface area (Å²) in [5, 5.41) is 5.16. The molecule has 0 unspecified atom stereocenters. The van der Waals surface area contributed by atoms with Gasteiger partial charge in [-0.2, -0.15) is 0 Å². The minimum atomic E-state index is -0.691. The van der Waals surface area contributed by atoms with E-state index in [1.807, 2.05) is 0 Å². The molecule has 0 aliphatic carbocycles. The van der Waals surface area contributed by atoms with E-state index in [2.05, 4.69) is 31.5 Å². The number of aromatic nitrogens is 1. The Morgan fingerprint density at radius 3 is 2.41 bits per heavy atom. The second-order valence-corrected chi connectivity index (χ2v) is 7.31. The van der Waals surface area contributed by atoms with Crippen LogP contribution in [0.25, 0.3) is 0 Å². The van der Waals surface area contributed by atoms with Crippen molar-refractivity contribution in [2.75, 3.05) is 18.4 Å². The second-order valence-electron chi connectivity index (χ2n) is 6.39.